The molecule has 0 aliphatic rings. The summed E-state index contributed by atoms with van der Waals surface area (Å²) in [5.74, 6) is -0.424. The molecule has 0 bridgehead atoms. The van der Waals surface area contributed by atoms with E-state index >= 15 is 0 Å². The molecule has 0 saturated carbocycles. The maximum atomic E-state index is 13.4. The maximum absolute atomic E-state index is 13.4. The number of hydrogen-bond donors (Lipinski definition) is 1. The number of aryl methyl sites for hydroxylation is 2. The van der Waals surface area contributed by atoms with Crippen molar-refractivity contribution in [2.75, 3.05) is 0 Å². The molecule has 6 heteroatoms. The van der Waals surface area contributed by atoms with Gasteiger partial charge < -0.3 is 9.88 Å². The van der Waals surface area contributed by atoms with Gasteiger partial charge >= 0.3 is 0 Å². The Labute approximate surface area is 166 Å². The Bertz CT molecular complexity index is 1130. The van der Waals surface area contributed by atoms with E-state index in [4.69, 9.17) is 0 Å². The highest BCUT2D eigenvalue weighted by Crippen LogP contribution is 2.24. The van der Waals surface area contributed by atoms with Crippen molar-refractivity contribution in [2.24, 2.45) is 0 Å². The first-order chi connectivity index (χ1) is 13.5. The lowest BCUT2D eigenvalue weighted by molar-refractivity contribution is 0.0932. The number of rotatable bonds is 5. The number of aromatic nitrogens is 2. The van der Waals surface area contributed by atoms with Gasteiger partial charge in [0.25, 0.3) is 5.91 Å². The first-order valence-electron chi connectivity index (χ1n) is 9.04. The van der Waals surface area contributed by atoms with E-state index in [0.29, 0.717) is 12.1 Å². The predicted octanol–water partition coefficient (Wildman–Crippen LogP) is 5.03. The highest BCUT2D eigenvalue weighted by atomic mass is 32.1. The second kappa shape index (κ2) is 7.56. The lowest BCUT2D eigenvalue weighted by Gasteiger charge is -2.20. The molecule has 0 aliphatic heterocycles. The Morgan fingerprint density at radius 3 is 2.64 bits per heavy atom. The van der Waals surface area contributed by atoms with Gasteiger partial charge in [0.2, 0.25) is 0 Å². The second-order valence-corrected chi connectivity index (χ2v) is 8.25. The molecule has 1 N–H and O–H groups in total. The summed E-state index contributed by atoms with van der Waals surface area (Å²) in [7, 11) is 0. The molecular formula is C22H20FN3OS. The number of imidazole rings is 1. The summed E-state index contributed by atoms with van der Waals surface area (Å²) in [6.45, 7) is 4.44. The van der Waals surface area contributed by atoms with Gasteiger partial charge in [0, 0.05) is 16.3 Å². The van der Waals surface area contributed by atoms with Crippen molar-refractivity contribution >= 4 is 28.3 Å². The van der Waals surface area contributed by atoms with E-state index in [1.807, 2.05) is 48.7 Å². The number of carbonyl (C=O) groups is 1. The van der Waals surface area contributed by atoms with Gasteiger partial charge in [0.1, 0.15) is 5.82 Å². The first-order valence-corrected chi connectivity index (χ1v) is 9.86. The smallest absolute Gasteiger partial charge is 0.252 e. The fourth-order valence-electron chi connectivity index (χ4n) is 3.37. The average Bonchev–Trinajstić information content (AvgIpc) is 3.24. The number of carbonyl (C=O) groups excluding carboxylic acids is 1. The van der Waals surface area contributed by atoms with Crippen LogP contribution in [0.2, 0.25) is 0 Å². The molecule has 0 radical (unpaired) electrons. The third-order valence-corrected chi connectivity index (χ3v) is 5.74. The van der Waals surface area contributed by atoms with Crippen molar-refractivity contribution in [3.8, 4) is 0 Å². The first kappa shape index (κ1) is 18.4. The highest BCUT2D eigenvalue weighted by Gasteiger charge is 2.20. The van der Waals surface area contributed by atoms with Gasteiger partial charge in [-0.25, -0.2) is 9.37 Å². The Morgan fingerprint density at radius 1 is 1.18 bits per heavy atom. The zero-order valence-corrected chi connectivity index (χ0v) is 16.5. The topological polar surface area (TPSA) is 46.9 Å². The fraction of sp³-hybridized carbons (Fsp3) is 0.182. The van der Waals surface area contributed by atoms with Gasteiger partial charge in [-0.1, -0.05) is 24.3 Å². The van der Waals surface area contributed by atoms with Crippen molar-refractivity contribution < 1.29 is 9.18 Å². The van der Waals surface area contributed by atoms with Crippen molar-refractivity contribution in [3.05, 3.63) is 87.6 Å². The Balaban J connectivity index is 1.66. The van der Waals surface area contributed by atoms with E-state index in [-0.39, 0.29) is 17.8 Å². The summed E-state index contributed by atoms with van der Waals surface area (Å²) in [6.07, 6.45) is 1.77. The van der Waals surface area contributed by atoms with Gasteiger partial charge in [-0.3, -0.25) is 4.79 Å². The van der Waals surface area contributed by atoms with Crippen LogP contribution in [0.1, 0.15) is 31.7 Å². The summed E-state index contributed by atoms with van der Waals surface area (Å²) in [5.41, 5.74) is 3.42. The molecule has 4 nitrogen and oxygen atoms in total. The standard InChI is InChI=1S/C22H20FN3OS/c1-14-11-18(15(2)28-14)22(27)25-20(16-7-9-17(23)10-8-16)12-26-13-24-19-5-3-4-6-21(19)26/h3-11,13,20H,12H2,1-2H3,(H,25,27). The zero-order chi connectivity index (χ0) is 19.7. The fourth-order valence-corrected chi connectivity index (χ4v) is 4.30. The Hall–Kier alpha value is -2.99. The van der Waals surface area contributed by atoms with E-state index in [2.05, 4.69) is 10.3 Å². The molecule has 28 heavy (non-hydrogen) atoms. The Morgan fingerprint density at radius 2 is 1.93 bits per heavy atom. The summed E-state index contributed by atoms with van der Waals surface area (Å²) in [5, 5.41) is 3.12. The van der Waals surface area contributed by atoms with Crippen LogP contribution >= 0.6 is 11.3 Å². The summed E-state index contributed by atoms with van der Waals surface area (Å²) < 4.78 is 15.4. The van der Waals surface area contributed by atoms with Crippen LogP contribution in [-0.2, 0) is 6.54 Å². The van der Waals surface area contributed by atoms with Crippen LogP contribution in [0, 0.1) is 19.7 Å². The molecule has 1 atom stereocenters. The minimum absolute atomic E-state index is 0.124. The summed E-state index contributed by atoms with van der Waals surface area (Å²) in [6, 6.07) is 15.7. The quantitative estimate of drug-likeness (QED) is 0.517. The molecule has 0 fully saturated rings. The Kier molecular flexibility index (Phi) is 4.96. The molecule has 2 aromatic heterocycles. The molecule has 142 valence electrons. The van der Waals surface area contributed by atoms with E-state index in [1.165, 1.54) is 12.1 Å². The van der Waals surface area contributed by atoms with Crippen LogP contribution in [0.25, 0.3) is 11.0 Å². The number of benzene rings is 2. The average molecular weight is 393 g/mol. The van der Waals surface area contributed by atoms with Gasteiger partial charge in [0.15, 0.2) is 0 Å². The van der Waals surface area contributed by atoms with E-state index in [0.717, 1.165) is 26.4 Å². The normalized spacial score (nSPS) is 12.2. The van der Waals surface area contributed by atoms with Crippen molar-refractivity contribution in [2.45, 2.75) is 26.4 Å². The molecule has 1 unspecified atom stereocenters. The number of thiophene rings is 1. The summed E-state index contributed by atoms with van der Waals surface area (Å²) >= 11 is 1.60. The van der Waals surface area contributed by atoms with Crippen molar-refractivity contribution in [3.63, 3.8) is 0 Å². The number of nitrogens with one attached hydrogen (secondary N) is 1. The largest absolute Gasteiger partial charge is 0.343 e. The monoisotopic (exact) mass is 393 g/mol. The van der Waals surface area contributed by atoms with Crippen molar-refractivity contribution in [1.82, 2.24) is 14.9 Å². The van der Waals surface area contributed by atoms with Crippen LogP contribution in [0.15, 0.2) is 60.9 Å². The summed E-state index contributed by atoms with van der Waals surface area (Å²) in [4.78, 5) is 19.4. The number of fused-ring (bicyclic) bond motifs is 1. The van der Waals surface area contributed by atoms with Gasteiger partial charge in [-0.15, -0.1) is 11.3 Å². The minimum atomic E-state index is -0.315. The zero-order valence-electron chi connectivity index (χ0n) is 15.6. The van der Waals surface area contributed by atoms with Crippen LogP contribution in [0.5, 0.6) is 0 Å². The number of para-hydroxylation sites is 2. The number of hydrogen-bond acceptors (Lipinski definition) is 3. The lowest BCUT2D eigenvalue weighted by Crippen LogP contribution is -2.31. The second-order valence-electron chi connectivity index (χ2n) is 6.79. The molecular weight excluding hydrogens is 373 g/mol. The molecule has 4 rings (SSSR count). The van der Waals surface area contributed by atoms with Crippen LogP contribution in [0.3, 0.4) is 0 Å². The van der Waals surface area contributed by atoms with E-state index in [9.17, 15) is 9.18 Å². The van der Waals surface area contributed by atoms with Crippen molar-refractivity contribution in [1.29, 1.82) is 0 Å². The third-order valence-electron chi connectivity index (χ3n) is 4.77. The third kappa shape index (κ3) is 3.68. The van der Waals surface area contributed by atoms with Gasteiger partial charge in [0.05, 0.1) is 29.0 Å². The van der Waals surface area contributed by atoms with Crippen LogP contribution in [-0.4, -0.2) is 15.5 Å². The molecule has 2 aromatic carbocycles. The molecule has 1 amide bonds. The predicted molar refractivity (Wildman–Crippen MR) is 110 cm³/mol. The molecule has 0 saturated heterocycles. The number of halogens is 1. The number of nitrogens with zero attached hydrogens (tertiary/aromatic N) is 2. The molecule has 0 spiro atoms. The molecule has 0 aliphatic carbocycles. The van der Waals surface area contributed by atoms with Gasteiger partial charge in [-0.2, -0.15) is 0 Å². The molecule has 4 aromatic rings. The van der Waals surface area contributed by atoms with Crippen LogP contribution < -0.4 is 5.32 Å². The maximum Gasteiger partial charge on any atom is 0.252 e. The molecule has 2 heterocycles. The van der Waals surface area contributed by atoms with Crippen LogP contribution in [0.4, 0.5) is 4.39 Å². The minimum Gasteiger partial charge on any atom is -0.343 e. The SMILES string of the molecule is Cc1cc(C(=O)NC(Cn2cnc3ccccc32)c2ccc(F)cc2)c(C)s1. The van der Waals surface area contributed by atoms with E-state index < -0.39 is 0 Å². The van der Waals surface area contributed by atoms with E-state index in [1.54, 1.807) is 29.8 Å². The lowest BCUT2D eigenvalue weighted by atomic mass is 10.1. The number of amides is 1. The van der Waals surface area contributed by atoms with Gasteiger partial charge in [-0.05, 0) is 49.7 Å². The highest BCUT2D eigenvalue weighted by molar-refractivity contribution is 7.12.